The van der Waals surface area contributed by atoms with Gasteiger partial charge in [-0.2, -0.15) is 10.0 Å². The van der Waals surface area contributed by atoms with Crippen molar-refractivity contribution in [3.8, 4) is 5.75 Å². The molecule has 0 saturated carbocycles. The van der Waals surface area contributed by atoms with Gasteiger partial charge in [-0.15, -0.1) is 5.10 Å². The number of rotatable bonds is 5. The van der Waals surface area contributed by atoms with Gasteiger partial charge in [-0.1, -0.05) is 24.6 Å². The Balaban J connectivity index is 1.29. The van der Waals surface area contributed by atoms with Crippen LogP contribution in [0.15, 0.2) is 52.2 Å². The van der Waals surface area contributed by atoms with E-state index in [1.807, 2.05) is 42.0 Å². The average Bonchev–Trinajstić information content (AvgIpc) is 3.45. The van der Waals surface area contributed by atoms with Gasteiger partial charge in [0.25, 0.3) is 5.91 Å². The quantitative estimate of drug-likeness (QED) is 0.624. The molecule has 1 aromatic heterocycles. The Labute approximate surface area is 209 Å². The molecule has 35 heavy (non-hydrogen) atoms. The fourth-order valence-electron chi connectivity index (χ4n) is 4.43. The van der Waals surface area contributed by atoms with Crippen molar-refractivity contribution in [1.29, 1.82) is 5.41 Å². The van der Waals surface area contributed by atoms with Crippen LogP contribution in [0.25, 0.3) is 6.08 Å². The molecule has 1 saturated heterocycles. The van der Waals surface area contributed by atoms with Crippen LogP contribution < -0.4 is 4.74 Å². The molecule has 0 radical (unpaired) electrons. The normalized spacial score (nSPS) is 19.8. The number of thioether (sulfide) groups is 1. The van der Waals surface area contributed by atoms with E-state index in [-0.39, 0.29) is 11.4 Å². The van der Waals surface area contributed by atoms with E-state index in [2.05, 4.69) is 34.9 Å². The first kappa shape index (κ1) is 23.4. The van der Waals surface area contributed by atoms with Gasteiger partial charge >= 0.3 is 0 Å². The van der Waals surface area contributed by atoms with E-state index in [0.29, 0.717) is 18.3 Å². The topological polar surface area (TPSA) is 86.3 Å². The van der Waals surface area contributed by atoms with Crippen LogP contribution in [0, 0.1) is 25.2 Å². The molecule has 5 rings (SSSR count). The van der Waals surface area contributed by atoms with Gasteiger partial charge in [-0.25, -0.2) is 0 Å². The molecule has 0 aliphatic carbocycles. The monoisotopic (exact) mass is 490 g/mol. The molecule has 9 heteroatoms. The maximum absolute atomic E-state index is 12.8. The Kier molecular flexibility index (Phi) is 6.51. The maximum atomic E-state index is 12.8. The lowest BCUT2D eigenvalue weighted by atomic mass is 10.00. The summed E-state index contributed by atoms with van der Waals surface area (Å²) in [6, 6.07) is 9.99. The number of fused-ring (bicyclic) bond motifs is 1. The standard InChI is InChI=1S/C26H30N6O2S/c1-17-8-11-31(12-9-17)26-29-32-23(27)21(24(33)28-25(32)35-26)16-20-5-4-10-30(20)13-14-34-22-7-6-18(2)15-19(22)3/h4-7,10,15-17,27H,8-9,11-14H2,1-3H3/b21-16-,27-23?. The molecule has 4 heterocycles. The highest BCUT2D eigenvalue weighted by Gasteiger charge is 2.37. The lowest BCUT2D eigenvalue weighted by Crippen LogP contribution is -2.36. The van der Waals surface area contributed by atoms with Crippen molar-refractivity contribution in [1.82, 2.24) is 14.5 Å². The molecule has 3 aliphatic rings. The molecule has 1 fully saturated rings. The first-order chi connectivity index (χ1) is 16.9. The van der Waals surface area contributed by atoms with Gasteiger partial charge in [0, 0.05) is 25.0 Å². The van der Waals surface area contributed by atoms with Crippen LogP contribution in [0.2, 0.25) is 0 Å². The van der Waals surface area contributed by atoms with Crippen LogP contribution in [0.5, 0.6) is 5.75 Å². The van der Waals surface area contributed by atoms with E-state index in [0.717, 1.165) is 54.0 Å². The third-order valence-corrected chi connectivity index (χ3v) is 7.54. The van der Waals surface area contributed by atoms with E-state index >= 15 is 0 Å². The van der Waals surface area contributed by atoms with Crippen LogP contribution >= 0.6 is 11.8 Å². The highest BCUT2D eigenvalue weighted by molar-refractivity contribution is 8.26. The lowest BCUT2D eigenvalue weighted by molar-refractivity contribution is -0.114. The third kappa shape index (κ3) is 4.91. The summed E-state index contributed by atoms with van der Waals surface area (Å²) in [5.41, 5.74) is 3.37. The van der Waals surface area contributed by atoms with Crippen molar-refractivity contribution in [2.45, 2.75) is 40.2 Å². The number of nitrogens with one attached hydrogen (secondary N) is 1. The number of hydrazone groups is 1. The molecule has 0 unspecified atom stereocenters. The van der Waals surface area contributed by atoms with Crippen molar-refractivity contribution < 1.29 is 9.53 Å². The van der Waals surface area contributed by atoms with Crippen molar-refractivity contribution in [2.75, 3.05) is 19.7 Å². The first-order valence-electron chi connectivity index (χ1n) is 12.0. The second-order valence-corrected chi connectivity index (χ2v) is 10.3. The molecule has 0 atom stereocenters. The van der Waals surface area contributed by atoms with Crippen LogP contribution in [0.1, 0.15) is 36.6 Å². The molecule has 0 spiro atoms. The predicted octanol–water partition coefficient (Wildman–Crippen LogP) is 4.49. The molecule has 8 nitrogen and oxygen atoms in total. The Bertz CT molecular complexity index is 1250. The average molecular weight is 491 g/mol. The van der Waals surface area contributed by atoms with Crippen molar-refractivity contribution in [2.24, 2.45) is 16.0 Å². The molecular formula is C26H30N6O2S. The molecule has 1 aromatic carbocycles. The van der Waals surface area contributed by atoms with Gasteiger partial charge in [0.15, 0.2) is 11.0 Å². The van der Waals surface area contributed by atoms with Gasteiger partial charge < -0.3 is 14.2 Å². The zero-order valence-electron chi connectivity index (χ0n) is 20.3. The summed E-state index contributed by atoms with van der Waals surface area (Å²) in [6.45, 7) is 9.36. The summed E-state index contributed by atoms with van der Waals surface area (Å²) in [5.74, 6) is 1.25. The number of benzene rings is 1. The van der Waals surface area contributed by atoms with Gasteiger partial charge in [-0.05, 0) is 74.2 Å². The number of nitrogens with zero attached hydrogens (tertiary/aromatic N) is 5. The molecule has 3 aliphatic heterocycles. The fourth-order valence-corrected chi connectivity index (χ4v) is 5.38. The zero-order chi connectivity index (χ0) is 24.5. The van der Waals surface area contributed by atoms with Crippen molar-refractivity contribution in [3.05, 3.63) is 58.9 Å². The minimum Gasteiger partial charge on any atom is -0.491 e. The van der Waals surface area contributed by atoms with Crippen molar-refractivity contribution >= 4 is 39.9 Å². The molecule has 2 aromatic rings. The van der Waals surface area contributed by atoms with Crippen LogP contribution in [0.3, 0.4) is 0 Å². The number of aliphatic imine (C=N–C) groups is 1. The SMILES string of the molecule is Cc1ccc(OCCn2cccc2/C=C2/C(=N)N3N=C(N4CCC(C)CC4)SC3=NC2=O)c(C)c1. The maximum Gasteiger partial charge on any atom is 0.283 e. The van der Waals surface area contributed by atoms with E-state index in [1.165, 1.54) is 22.3 Å². The number of amidine groups is 3. The van der Waals surface area contributed by atoms with E-state index in [4.69, 9.17) is 10.1 Å². The third-order valence-electron chi connectivity index (χ3n) is 6.58. The lowest BCUT2D eigenvalue weighted by Gasteiger charge is -2.30. The molecule has 182 valence electrons. The molecule has 1 amide bonds. The minimum atomic E-state index is -0.406. The number of likely N-dealkylation sites (tertiary alicyclic amines) is 1. The summed E-state index contributed by atoms with van der Waals surface area (Å²) >= 11 is 1.38. The van der Waals surface area contributed by atoms with Crippen LogP contribution in [-0.2, 0) is 11.3 Å². The minimum absolute atomic E-state index is 0.0622. The smallest absolute Gasteiger partial charge is 0.283 e. The van der Waals surface area contributed by atoms with Crippen LogP contribution in [0.4, 0.5) is 0 Å². The summed E-state index contributed by atoms with van der Waals surface area (Å²) in [5, 5.41) is 16.1. The number of aryl methyl sites for hydroxylation is 2. The second-order valence-electron chi connectivity index (χ2n) is 9.32. The van der Waals surface area contributed by atoms with Crippen LogP contribution in [-0.4, -0.2) is 56.3 Å². The summed E-state index contributed by atoms with van der Waals surface area (Å²) in [7, 11) is 0. The Hall–Kier alpha value is -3.33. The zero-order valence-corrected chi connectivity index (χ0v) is 21.1. The van der Waals surface area contributed by atoms with Gasteiger partial charge in [0.1, 0.15) is 12.4 Å². The fraction of sp³-hybridized carbons (Fsp3) is 0.385. The number of ether oxygens (including phenoxy) is 1. The first-order valence-corrected chi connectivity index (χ1v) is 12.8. The highest BCUT2D eigenvalue weighted by Crippen LogP contribution is 2.31. The number of piperidine rings is 1. The number of hydrogen-bond donors (Lipinski definition) is 1. The Morgan fingerprint density at radius 3 is 2.77 bits per heavy atom. The number of carbonyl (C=O) groups excluding carboxylic acids is 1. The summed E-state index contributed by atoms with van der Waals surface area (Å²) in [6.07, 6.45) is 5.92. The summed E-state index contributed by atoms with van der Waals surface area (Å²) in [4.78, 5) is 19.3. The van der Waals surface area contributed by atoms with Gasteiger partial charge in [0.05, 0.1) is 12.1 Å². The number of amides is 1. The van der Waals surface area contributed by atoms with Crippen molar-refractivity contribution in [3.63, 3.8) is 0 Å². The van der Waals surface area contributed by atoms with Gasteiger partial charge in [0.2, 0.25) is 5.17 Å². The molecule has 1 N–H and O–H groups in total. The Morgan fingerprint density at radius 1 is 1.20 bits per heavy atom. The second kappa shape index (κ2) is 9.73. The summed E-state index contributed by atoms with van der Waals surface area (Å²) < 4.78 is 7.99. The highest BCUT2D eigenvalue weighted by atomic mass is 32.2. The molecular weight excluding hydrogens is 460 g/mol. The number of hydrogen-bond acceptors (Lipinski definition) is 6. The predicted molar refractivity (Wildman–Crippen MR) is 141 cm³/mol. The number of aromatic nitrogens is 1. The van der Waals surface area contributed by atoms with Gasteiger partial charge in [-0.3, -0.25) is 10.2 Å². The molecule has 0 bridgehead atoms. The van der Waals surface area contributed by atoms with E-state index in [9.17, 15) is 4.79 Å². The van der Waals surface area contributed by atoms with E-state index < -0.39 is 5.91 Å². The largest absolute Gasteiger partial charge is 0.491 e. The van der Waals surface area contributed by atoms with E-state index in [1.54, 1.807) is 6.08 Å². The number of carbonyl (C=O) groups is 1. The Morgan fingerprint density at radius 2 is 2.00 bits per heavy atom.